The number of hydrogen-bond donors (Lipinski definition) is 0. The molecule has 0 bridgehead atoms. The molecule has 0 atom stereocenters. The normalized spacial score (nSPS) is 17.1. The van der Waals surface area contributed by atoms with Crippen molar-refractivity contribution in [3.63, 3.8) is 0 Å². The molecule has 1 heterocycles. The van der Waals surface area contributed by atoms with Crippen LogP contribution in [0, 0.1) is 6.92 Å². The van der Waals surface area contributed by atoms with Gasteiger partial charge in [-0.1, -0.05) is 78.4 Å². The molecule has 0 unspecified atom stereocenters. The molecule has 5 rings (SSSR count). The minimum absolute atomic E-state index is 0.371. The highest BCUT2D eigenvalue weighted by molar-refractivity contribution is 5.80. The predicted molar refractivity (Wildman–Crippen MR) is 116 cm³/mol. The summed E-state index contributed by atoms with van der Waals surface area (Å²) in [4.78, 5) is 2.61. The van der Waals surface area contributed by atoms with Crippen LogP contribution in [-0.4, -0.2) is 42.3 Å². The van der Waals surface area contributed by atoms with Crippen molar-refractivity contribution in [3.05, 3.63) is 95.1 Å². The van der Waals surface area contributed by atoms with Gasteiger partial charge in [-0.2, -0.15) is 5.10 Å². The molecule has 0 spiro atoms. The molecule has 0 N–H and O–H groups in total. The number of benzene rings is 3. The lowest BCUT2D eigenvalue weighted by molar-refractivity contribution is 0.114. The number of hydrazone groups is 1. The van der Waals surface area contributed by atoms with Gasteiger partial charge < -0.3 is 0 Å². The fourth-order valence-electron chi connectivity index (χ4n) is 4.51. The second-order valence-electron chi connectivity index (χ2n) is 7.73. The molecule has 3 nitrogen and oxygen atoms in total. The van der Waals surface area contributed by atoms with E-state index in [4.69, 9.17) is 5.10 Å². The highest BCUT2D eigenvalue weighted by Crippen LogP contribution is 2.46. The summed E-state index contributed by atoms with van der Waals surface area (Å²) < 4.78 is 0. The molecule has 1 saturated heterocycles. The maximum atomic E-state index is 4.73. The van der Waals surface area contributed by atoms with E-state index in [1.807, 2.05) is 6.21 Å². The Kier molecular flexibility index (Phi) is 4.46. The lowest BCUT2D eigenvalue weighted by atomic mass is 10.0. The molecule has 140 valence electrons. The highest BCUT2D eigenvalue weighted by Gasteiger charge is 2.33. The molecule has 1 fully saturated rings. The first-order valence-corrected chi connectivity index (χ1v) is 10.1. The van der Waals surface area contributed by atoms with Crippen LogP contribution in [0.4, 0.5) is 0 Å². The van der Waals surface area contributed by atoms with Crippen molar-refractivity contribution in [2.24, 2.45) is 5.10 Å². The summed E-state index contributed by atoms with van der Waals surface area (Å²) >= 11 is 0. The molecule has 3 aromatic rings. The van der Waals surface area contributed by atoms with E-state index in [2.05, 4.69) is 89.6 Å². The molecule has 2 aliphatic rings. The van der Waals surface area contributed by atoms with Crippen molar-refractivity contribution in [1.29, 1.82) is 0 Å². The van der Waals surface area contributed by atoms with Crippen molar-refractivity contribution >= 4 is 6.21 Å². The summed E-state index contributed by atoms with van der Waals surface area (Å²) in [6, 6.07) is 26.6. The Balaban J connectivity index is 1.32. The Labute approximate surface area is 166 Å². The van der Waals surface area contributed by atoms with Gasteiger partial charge in [-0.05, 0) is 34.7 Å². The van der Waals surface area contributed by atoms with Gasteiger partial charge in [-0.25, -0.2) is 0 Å². The third kappa shape index (κ3) is 3.12. The zero-order valence-corrected chi connectivity index (χ0v) is 16.3. The van der Waals surface area contributed by atoms with Gasteiger partial charge in [-0.3, -0.25) is 9.91 Å². The summed E-state index contributed by atoms with van der Waals surface area (Å²) in [5.41, 5.74) is 8.11. The van der Waals surface area contributed by atoms with Gasteiger partial charge in [-0.15, -0.1) is 0 Å². The smallest absolute Gasteiger partial charge is 0.0615 e. The van der Waals surface area contributed by atoms with Crippen LogP contribution in [0.3, 0.4) is 0 Å². The zero-order chi connectivity index (χ0) is 18.9. The van der Waals surface area contributed by atoms with Gasteiger partial charge in [0, 0.05) is 26.2 Å². The van der Waals surface area contributed by atoms with E-state index in [-0.39, 0.29) is 0 Å². The van der Waals surface area contributed by atoms with Gasteiger partial charge in [0.25, 0.3) is 0 Å². The summed E-state index contributed by atoms with van der Waals surface area (Å²) in [7, 11) is 0. The van der Waals surface area contributed by atoms with E-state index >= 15 is 0 Å². The highest BCUT2D eigenvalue weighted by atomic mass is 15.5. The van der Waals surface area contributed by atoms with Crippen LogP contribution in [0.2, 0.25) is 0 Å². The van der Waals surface area contributed by atoms with Crippen LogP contribution in [0.5, 0.6) is 0 Å². The summed E-state index contributed by atoms with van der Waals surface area (Å²) in [6.07, 6.45) is 1.99. The van der Waals surface area contributed by atoms with Gasteiger partial charge in [0.2, 0.25) is 0 Å². The minimum atomic E-state index is 0.371. The van der Waals surface area contributed by atoms with E-state index in [1.54, 1.807) is 0 Å². The number of nitrogens with zero attached hydrogens (tertiary/aromatic N) is 3. The first-order valence-electron chi connectivity index (χ1n) is 10.1. The molecular weight excluding hydrogens is 342 g/mol. The molecule has 0 saturated carbocycles. The van der Waals surface area contributed by atoms with Gasteiger partial charge in [0.1, 0.15) is 0 Å². The third-order valence-corrected chi connectivity index (χ3v) is 5.87. The first-order chi connectivity index (χ1) is 13.8. The van der Waals surface area contributed by atoms with E-state index in [1.165, 1.54) is 33.4 Å². The maximum absolute atomic E-state index is 4.73. The molecule has 0 radical (unpaired) electrons. The quantitative estimate of drug-likeness (QED) is 0.624. The second kappa shape index (κ2) is 7.25. The standard InChI is InChI=1S/C25H25N3/c1-19-7-6-8-20(17-19)18-26-28-15-13-27(14-16-28)25-23-11-4-2-9-21(23)22-10-3-5-12-24(22)25/h2-12,17-18,25H,13-16H2,1H3/b26-18-. The van der Waals surface area contributed by atoms with Crippen molar-refractivity contribution in [1.82, 2.24) is 9.91 Å². The minimum Gasteiger partial charge on any atom is -0.294 e. The Morgan fingerprint density at radius 2 is 1.43 bits per heavy atom. The summed E-state index contributed by atoms with van der Waals surface area (Å²) in [5.74, 6) is 0. The molecule has 28 heavy (non-hydrogen) atoms. The number of hydrogen-bond acceptors (Lipinski definition) is 3. The van der Waals surface area contributed by atoms with Gasteiger partial charge in [0.05, 0.1) is 12.3 Å². The van der Waals surface area contributed by atoms with Crippen LogP contribution in [0.15, 0.2) is 77.9 Å². The van der Waals surface area contributed by atoms with E-state index < -0.39 is 0 Å². The average Bonchev–Trinajstić information content (AvgIpc) is 3.07. The number of fused-ring (bicyclic) bond motifs is 3. The lowest BCUT2D eigenvalue weighted by Crippen LogP contribution is -2.45. The third-order valence-electron chi connectivity index (χ3n) is 5.87. The fraction of sp³-hybridized carbons (Fsp3) is 0.240. The Morgan fingerprint density at radius 3 is 2.07 bits per heavy atom. The van der Waals surface area contributed by atoms with E-state index in [0.29, 0.717) is 6.04 Å². The lowest BCUT2D eigenvalue weighted by Gasteiger charge is -2.37. The van der Waals surface area contributed by atoms with Crippen LogP contribution in [-0.2, 0) is 0 Å². The van der Waals surface area contributed by atoms with Crippen LogP contribution < -0.4 is 0 Å². The molecule has 1 aliphatic carbocycles. The van der Waals surface area contributed by atoms with Gasteiger partial charge >= 0.3 is 0 Å². The molecular formula is C25H25N3. The molecule has 3 aromatic carbocycles. The first kappa shape index (κ1) is 17.2. The topological polar surface area (TPSA) is 18.8 Å². The van der Waals surface area contributed by atoms with E-state index in [9.17, 15) is 0 Å². The molecule has 0 aromatic heterocycles. The van der Waals surface area contributed by atoms with Crippen LogP contribution in [0.1, 0.15) is 28.3 Å². The van der Waals surface area contributed by atoms with Crippen molar-refractivity contribution in [2.45, 2.75) is 13.0 Å². The number of aryl methyl sites for hydroxylation is 1. The molecule has 3 heteroatoms. The molecule has 1 aliphatic heterocycles. The number of piperazine rings is 1. The number of rotatable bonds is 3. The Morgan fingerprint density at radius 1 is 0.786 bits per heavy atom. The van der Waals surface area contributed by atoms with Crippen molar-refractivity contribution < 1.29 is 0 Å². The second-order valence-corrected chi connectivity index (χ2v) is 7.73. The zero-order valence-electron chi connectivity index (χ0n) is 16.3. The van der Waals surface area contributed by atoms with Gasteiger partial charge in [0.15, 0.2) is 0 Å². The SMILES string of the molecule is Cc1cccc(/C=N\N2CCN(C3c4ccccc4-c4ccccc43)CC2)c1. The van der Waals surface area contributed by atoms with Crippen LogP contribution in [0.25, 0.3) is 11.1 Å². The van der Waals surface area contributed by atoms with Crippen molar-refractivity contribution in [2.75, 3.05) is 26.2 Å². The van der Waals surface area contributed by atoms with Crippen molar-refractivity contribution in [3.8, 4) is 11.1 Å². The largest absolute Gasteiger partial charge is 0.294 e. The summed E-state index contributed by atoms with van der Waals surface area (Å²) in [6.45, 7) is 6.09. The Bertz CT molecular complexity index is 970. The molecule has 0 amide bonds. The maximum Gasteiger partial charge on any atom is 0.0615 e. The predicted octanol–water partition coefficient (Wildman–Crippen LogP) is 4.72. The van der Waals surface area contributed by atoms with Crippen LogP contribution >= 0.6 is 0 Å². The fourth-order valence-corrected chi connectivity index (χ4v) is 4.51. The van der Waals surface area contributed by atoms with E-state index in [0.717, 1.165) is 26.2 Å². The monoisotopic (exact) mass is 367 g/mol. The summed E-state index contributed by atoms with van der Waals surface area (Å²) in [5, 5.41) is 6.93. The Hall–Kier alpha value is -2.91. The average molecular weight is 367 g/mol.